The second-order valence-electron chi connectivity index (χ2n) is 10.1. The molecule has 7 nitrogen and oxygen atoms in total. The van der Waals surface area contributed by atoms with Crippen molar-refractivity contribution in [3.63, 3.8) is 0 Å². The summed E-state index contributed by atoms with van der Waals surface area (Å²) in [6.45, 7) is 6.15. The van der Waals surface area contributed by atoms with Gasteiger partial charge < -0.3 is 14.2 Å². The molecule has 0 atom stereocenters. The lowest BCUT2D eigenvalue weighted by atomic mass is 10.1. The van der Waals surface area contributed by atoms with Crippen molar-refractivity contribution in [3.05, 3.63) is 17.7 Å². The molecule has 0 aliphatic rings. The van der Waals surface area contributed by atoms with Crippen LogP contribution >= 0.6 is 0 Å². The predicted molar refractivity (Wildman–Crippen MR) is 155 cm³/mol. The van der Waals surface area contributed by atoms with Gasteiger partial charge in [-0.05, 0) is 37.8 Å². The van der Waals surface area contributed by atoms with E-state index in [1.165, 1.54) is 51.4 Å². The largest absolute Gasteiger partial charge is 0.490 e. The van der Waals surface area contributed by atoms with Gasteiger partial charge in [0.25, 0.3) is 0 Å². The van der Waals surface area contributed by atoms with Gasteiger partial charge in [-0.15, -0.1) is 0 Å². The number of carbonyl (C=O) groups is 1. The van der Waals surface area contributed by atoms with Crippen molar-refractivity contribution in [1.29, 1.82) is 0 Å². The minimum atomic E-state index is -0.122. The van der Waals surface area contributed by atoms with E-state index in [0.717, 1.165) is 57.8 Å². The molecular formula is C31H53N2O5. The quantitative estimate of drug-likeness (QED) is 0.0559. The maximum Gasteiger partial charge on any atom is 0.233 e. The highest BCUT2D eigenvalue weighted by atomic mass is 16.5. The van der Waals surface area contributed by atoms with E-state index in [2.05, 4.69) is 19.3 Å². The molecule has 0 saturated heterocycles. The van der Waals surface area contributed by atoms with Gasteiger partial charge in [0.05, 0.1) is 19.8 Å². The highest BCUT2D eigenvalue weighted by Gasteiger charge is 2.16. The number of hydrogen-bond acceptors (Lipinski definition) is 6. The number of amides is 1. The third-order valence-electron chi connectivity index (χ3n) is 6.61. The fraction of sp³-hybridized carbons (Fsp3) is 0.742. The molecule has 0 bridgehead atoms. The van der Waals surface area contributed by atoms with Crippen LogP contribution in [0.2, 0.25) is 0 Å². The van der Waals surface area contributed by atoms with Crippen molar-refractivity contribution in [1.82, 2.24) is 5.43 Å². The number of nitrogens with one attached hydrogen (secondary N) is 1. The molecule has 1 radical (unpaired) electrons. The summed E-state index contributed by atoms with van der Waals surface area (Å²) in [5.74, 6) is 6.70. The molecule has 3 N–H and O–H groups in total. The fourth-order valence-electron chi connectivity index (χ4n) is 4.29. The summed E-state index contributed by atoms with van der Waals surface area (Å²) >= 11 is 0. The van der Waals surface area contributed by atoms with Crippen molar-refractivity contribution in [2.75, 3.05) is 19.8 Å². The average molecular weight is 534 g/mol. The first-order valence-electron chi connectivity index (χ1n) is 15.1. The molecule has 1 aromatic carbocycles. The summed E-state index contributed by atoms with van der Waals surface area (Å²) in [7, 11) is 0. The molecule has 0 aliphatic carbocycles. The summed E-state index contributed by atoms with van der Waals surface area (Å²) in [6, 6.07) is 3.41. The van der Waals surface area contributed by atoms with Crippen LogP contribution in [0, 0.1) is 0 Å². The van der Waals surface area contributed by atoms with Gasteiger partial charge in [-0.25, -0.2) is 5.84 Å². The molecular weight excluding hydrogens is 480 g/mol. The lowest BCUT2D eigenvalue weighted by Gasteiger charge is -2.18. The lowest BCUT2D eigenvalue weighted by Crippen LogP contribution is -2.29. The Balaban J connectivity index is 2.66. The summed E-state index contributed by atoms with van der Waals surface area (Å²) in [4.78, 5) is 22.7. The zero-order valence-electron chi connectivity index (χ0n) is 24.1. The van der Waals surface area contributed by atoms with Crippen molar-refractivity contribution in [3.8, 4) is 17.2 Å². The molecule has 1 aromatic rings. The standard InChI is InChI=1S/C31H53N2O5/c1-3-5-7-9-13-17-21-36-28-24-27(26-34)25-29(31(28)38-23-19-14-10-8-6-4-2)37-22-18-15-11-12-16-20-30(35)33-32/h24-25H,3-23,32H2,1-2H3,(H,33,35). The van der Waals surface area contributed by atoms with Gasteiger partial charge in [-0.3, -0.25) is 15.0 Å². The molecule has 217 valence electrons. The molecule has 1 amide bonds. The molecule has 0 heterocycles. The van der Waals surface area contributed by atoms with Crippen molar-refractivity contribution >= 4 is 12.2 Å². The Morgan fingerprint density at radius 3 is 1.55 bits per heavy atom. The molecule has 0 spiro atoms. The first-order chi connectivity index (χ1) is 18.7. The highest BCUT2D eigenvalue weighted by Crippen LogP contribution is 2.39. The Labute approximate surface area is 231 Å². The number of rotatable bonds is 26. The van der Waals surface area contributed by atoms with Crippen LogP contribution in [-0.4, -0.2) is 32.0 Å². The summed E-state index contributed by atoms with van der Waals surface area (Å²) in [5.41, 5.74) is 2.57. The Morgan fingerprint density at radius 2 is 1.11 bits per heavy atom. The molecule has 0 fully saturated rings. The zero-order valence-corrected chi connectivity index (χ0v) is 24.1. The van der Waals surface area contributed by atoms with Crippen LogP contribution in [0.3, 0.4) is 0 Å². The van der Waals surface area contributed by atoms with Crippen LogP contribution in [0.4, 0.5) is 0 Å². The van der Waals surface area contributed by atoms with Gasteiger partial charge in [0.15, 0.2) is 11.5 Å². The van der Waals surface area contributed by atoms with Gasteiger partial charge in [-0.1, -0.05) is 97.3 Å². The van der Waals surface area contributed by atoms with Crippen LogP contribution in [0.5, 0.6) is 17.2 Å². The summed E-state index contributed by atoms with van der Waals surface area (Å²) in [5, 5.41) is 0. The van der Waals surface area contributed by atoms with Crippen LogP contribution in [-0.2, 0) is 9.59 Å². The zero-order chi connectivity index (χ0) is 27.7. The Hall–Kier alpha value is -2.28. The number of hydrogen-bond donors (Lipinski definition) is 2. The third kappa shape index (κ3) is 16.5. The maximum atomic E-state index is 11.5. The second-order valence-corrected chi connectivity index (χ2v) is 10.1. The monoisotopic (exact) mass is 533 g/mol. The normalized spacial score (nSPS) is 10.8. The molecule has 0 saturated carbocycles. The molecule has 0 unspecified atom stereocenters. The van der Waals surface area contributed by atoms with E-state index >= 15 is 0 Å². The summed E-state index contributed by atoms with van der Waals surface area (Å²) in [6.07, 6.45) is 21.4. The highest BCUT2D eigenvalue weighted by molar-refractivity contribution is 5.78. The number of unbranched alkanes of at least 4 members (excludes halogenated alkanes) is 14. The van der Waals surface area contributed by atoms with Gasteiger partial charge in [0, 0.05) is 12.0 Å². The van der Waals surface area contributed by atoms with E-state index in [1.54, 1.807) is 12.1 Å². The Morgan fingerprint density at radius 1 is 0.684 bits per heavy atom. The summed E-state index contributed by atoms with van der Waals surface area (Å²) < 4.78 is 18.4. The van der Waals surface area contributed by atoms with E-state index < -0.39 is 0 Å². The van der Waals surface area contributed by atoms with E-state index in [4.69, 9.17) is 20.1 Å². The average Bonchev–Trinajstić information content (AvgIpc) is 2.93. The van der Waals surface area contributed by atoms with E-state index in [0.29, 0.717) is 49.1 Å². The first kappa shape index (κ1) is 33.7. The SMILES string of the molecule is CCCCCCCCOc1cc([C]=O)cc(OCCCCCCCC(=O)NN)c1OCCCCCCCC. The Kier molecular flexibility index (Phi) is 21.1. The van der Waals surface area contributed by atoms with E-state index in [-0.39, 0.29) is 5.91 Å². The lowest BCUT2D eigenvalue weighted by molar-refractivity contribution is -0.121. The first-order valence-corrected chi connectivity index (χ1v) is 15.1. The predicted octanol–water partition coefficient (Wildman–Crippen LogP) is 7.33. The molecule has 38 heavy (non-hydrogen) atoms. The number of benzene rings is 1. The topological polar surface area (TPSA) is 99.9 Å². The van der Waals surface area contributed by atoms with Crippen molar-refractivity contribution < 1.29 is 23.8 Å². The van der Waals surface area contributed by atoms with Crippen LogP contribution < -0.4 is 25.5 Å². The number of nitrogens with two attached hydrogens (primary N) is 1. The van der Waals surface area contributed by atoms with Gasteiger partial charge in [0.1, 0.15) is 0 Å². The Bertz CT molecular complexity index is 741. The molecule has 0 aromatic heterocycles. The minimum Gasteiger partial charge on any atom is -0.490 e. The smallest absolute Gasteiger partial charge is 0.233 e. The molecule has 7 heteroatoms. The number of carbonyl (C=O) groups excluding carboxylic acids is 2. The molecule has 1 rings (SSSR count). The minimum absolute atomic E-state index is 0.122. The van der Waals surface area contributed by atoms with Crippen LogP contribution in [0.25, 0.3) is 0 Å². The van der Waals surface area contributed by atoms with E-state index in [1.807, 2.05) is 6.29 Å². The third-order valence-corrected chi connectivity index (χ3v) is 6.61. The van der Waals surface area contributed by atoms with Gasteiger partial charge in [-0.2, -0.15) is 0 Å². The van der Waals surface area contributed by atoms with Gasteiger partial charge >= 0.3 is 0 Å². The fourth-order valence-corrected chi connectivity index (χ4v) is 4.29. The molecule has 0 aliphatic heterocycles. The van der Waals surface area contributed by atoms with Gasteiger partial charge in [0.2, 0.25) is 17.9 Å². The van der Waals surface area contributed by atoms with Crippen LogP contribution in [0.15, 0.2) is 12.1 Å². The van der Waals surface area contributed by atoms with Crippen molar-refractivity contribution in [2.24, 2.45) is 5.84 Å². The second kappa shape index (κ2) is 23.8. The van der Waals surface area contributed by atoms with Crippen molar-refractivity contribution in [2.45, 2.75) is 129 Å². The van der Waals surface area contributed by atoms with E-state index in [9.17, 15) is 9.59 Å². The number of ether oxygens (including phenoxy) is 3. The maximum absolute atomic E-state index is 11.5. The van der Waals surface area contributed by atoms with Crippen LogP contribution in [0.1, 0.15) is 135 Å². The number of hydrazine groups is 1.